The Hall–Kier alpha value is -0.120. The van der Waals surface area contributed by atoms with Gasteiger partial charge in [-0.05, 0) is 40.2 Å². The fraction of sp³-hybridized carbons (Fsp3) is 1.00. The van der Waals surface area contributed by atoms with Crippen molar-refractivity contribution in [2.75, 3.05) is 33.2 Å². The minimum atomic E-state index is 0.160. The Morgan fingerprint density at radius 3 is 2.35 bits per heavy atom. The average molecular weight is 239 g/mol. The van der Waals surface area contributed by atoms with Crippen LogP contribution in [0.3, 0.4) is 0 Å². The smallest absolute Gasteiger partial charge is 0.0277 e. The second-order valence-corrected chi connectivity index (χ2v) is 6.83. The van der Waals surface area contributed by atoms with Gasteiger partial charge in [0.05, 0.1) is 0 Å². The van der Waals surface area contributed by atoms with Crippen LogP contribution in [0.2, 0.25) is 0 Å². The summed E-state index contributed by atoms with van der Waals surface area (Å²) in [6.07, 6.45) is 6.34. The summed E-state index contributed by atoms with van der Waals surface area (Å²) in [4.78, 5) is 5.07. The Bertz CT molecular complexity index is 256. The van der Waals surface area contributed by atoms with Crippen molar-refractivity contribution in [2.24, 2.45) is 5.73 Å². The molecule has 2 aliphatic rings. The third-order valence-corrected chi connectivity index (χ3v) is 4.92. The van der Waals surface area contributed by atoms with E-state index in [1.54, 1.807) is 0 Å². The molecule has 0 radical (unpaired) electrons. The van der Waals surface area contributed by atoms with E-state index in [2.05, 4.69) is 30.7 Å². The van der Waals surface area contributed by atoms with Gasteiger partial charge in [0.15, 0.2) is 0 Å². The van der Waals surface area contributed by atoms with Crippen LogP contribution >= 0.6 is 0 Å². The summed E-state index contributed by atoms with van der Waals surface area (Å²) in [6, 6.07) is 0. The van der Waals surface area contributed by atoms with Crippen LogP contribution in [0.25, 0.3) is 0 Å². The van der Waals surface area contributed by atoms with Crippen molar-refractivity contribution in [3.8, 4) is 0 Å². The number of nitrogens with zero attached hydrogens (tertiary/aromatic N) is 2. The normalized spacial score (nSPS) is 29.6. The van der Waals surface area contributed by atoms with E-state index in [0.29, 0.717) is 5.54 Å². The number of hydrogen-bond donors (Lipinski definition) is 1. The molecule has 0 aromatic carbocycles. The molecule has 17 heavy (non-hydrogen) atoms. The van der Waals surface area contributed by atoms with Crippen LogP contribution in [0.15, 0.2) is 0 Å². The molecule has 1 aliphatic carbocycles. The number of nitrogens with two attached hydrogens (primary N) is 1. The van der Waals surface area contributed by atoms with E-state index in [1.165, 1.54) is 58.3 Å². The van der Waals surface area contributed by atoms with Gasteiger partial charge in [-0.15, -0.1) is 0 Å². The van der Waals surface area contributed by atoms with Gasteiger partial charge in [-0.2, -0.15) is 0 Å². The van der Waals surface area contributed by atoms with Crippen molar-refractivity contribution in [3.05, 3.63) is 0 Å². The maximum absolute atomic E-state index is 6.43. The fourth-order valence-electron chi connectivity index (χ4n) is 3.24. The van der Waals surface area contributed by atoms with E-state index in [9.17, 15) is 0 Å². The predicted molar refractivity (Wildman–Crippen MR) is 73.2 cm³/mol. The molecule has 1 saturated heterocycles. The lowest BCUT2D eigenvalue weighted by molar-refractivity contribution is 0.0364. The Labute approximate surface area is 106 Å². The van der Waals surface area contributed by atoms with Gasteiger partial charge in [0.1, 0.15) is 0 Å². The molecular formula is C14H29N3. The van der Waals surface area contributed by atoms with E-state index in [-0.39, 0.29) is 5.54 Å². The first kappa shape index (κ1) is 13.3. The van der Waals surface area contributed by atoms with Crippen LogP contribution in [-0.2, 0) is 0 Å². The van der Waals surface area contributed by atoms with Crippen molar-refractivity contribution in [1.29, 1.82) is 0 Å². The lowest BCUT2D eigenvalue weighted by Crippen LogP contribution is -2.58. The Morgan fingerprint density at radius 1 is 1.12 bits per heavy atom. The molecule has 1 heterocycles. The molecule has 2 N–H and O–H groups in total. The maximum atomic E-state index is 6.43. The van der Waals surface area contributed by atoms with E-state index in [1.807, 2.05) is 0 Å². The van der Waals surface area contributed by atoms with Crippen LogP contribution in [0.1, 0.15) is 46.0 Å². The summed E-state index contributed by atoms with van der Waals surface area (Å²) >= 11 is 0. The molecule has 1 saturated carbocycles. The predicted octanol–water partition coefficient (Wildman–Crippen LogP) is 1.67. The first-order chi connectivity index (χ1) is 7.91. The Kier molecular flexibility index (Phi) is 3.81. The molecule has 0 amide bonds. The van der Waals surface area contributed by atoms with Gasteiger partial charge in [-0.3, -0.25) is 4.90 Å². The van der Waals surface area contributed by atoms with Crippen LogP contribution in [0.4, 0.5) is 0 Å². The highest BCUT2D eigenvalue weighted by atomic mass is 15.3. The molecule has 100 valence electrons. The standard InChI is InChI=1S/C14H29N3/c1-13(2)12-17(11-10-16(13)3)9-8-14(15)6-4-5-7-14/h4-12,15H2,1-3H3. The monoisotopic (exact) mass is 239 g/mol. The van der Waals surface area contributed by atoms with Gasteiger partial charge >= 0.3 is 0 Å². The van der Waals surface area contributed by atoms with Gasteiger partial charge < -0.3 is 10.6 Å². The zero-order valence-corrected chi connectivity index (χ0v) is 11.8. The molecule has 0 atom stereocenters. The largest absolute Gasteiger partial charge is 0.325 e. The third-order valence-electron chi connectivity index (χ3n) is 4.92. The highest BCUT2D eigenvalue weighted by Crippen LogP contribution is 2.30. The molecule has 0 spiro atoms. The number of likely N-dealkylation sites (N-methyl/N-ethyl adjacent to an activating group) is 1. The number of piperazine rings is 1. The second-order valence-electron chi connectivity index (χ2n) is 6.83. The zero-order valence-electron chi connectivity index (χ0n) is 11.8. The van der Waals surface area contributed by atoms with Gasteiger partial charge in [-0.1, -0.05) is 12.8 Å². The summed E-state index contributed by atoms with van der Waals surface area (Å²) in [5.41, 5.74) is 6.91. The summed E-state index contributed by atoms with van der Waals surface area (Å²) in [5, 5.41) is 0. The van der Waals surface area contributed by atoms with Crippen molar-refractivity contribution in [2.45, 2.75) is 57.0 Å². The topological polar surface area (TPSA) is 32.5 Å². The molecule has 0 unspecified atom stereocenters. The van der Waals surface area contributed by atoms with E-state index in [0.717, 1.165) is 0 Å². The molecule has 0 aromatic rings. The van der Waals surface area contributed by atoms with Crippen LogP contribution < -0.4 is 5.73 Å². The van der Waals surface area contributed by atoms with Crippen molar-refractivity contribution >= 4 is 0 Å². The van der Waals surface area contributed by atoms with Crippen LogP contribution in [0, 0.1) is 0 Å². The molecule has 1 aliphatic heterocycles. The highest BCUT2D eigenvalue weighted by molar-refractivity contribution is 4.92. The van der Waals surface area contributed by atoms with E-state index in [4.69, 9.17) is 5.73 Å². The SMILES string of the molecule is CN1CCN(CCC2(N)CCCC2)CC1(C)C. The highest BCUT2D eigenvalue weighted by Gasteiger charge is 2.33. The summed E-state index contributed by atoms with van der Waals surface area (Å²) in [5.74, 6) is 0. The number of rotatable bonds is 3. The van der Waals surface area contributed by atoms with Crippen LogP contribution in [-0.4, -0.2) is 54.1 Å². The molecule has 3 nitrogen and oxygen atoms in total. The molecule has 0 aromatic heterocycles. The van der Waals surface area contributed by atoms with E-state index < -0.39 is 0 Å². The van der Waals surface area contributed by atoms with Crippen molar-refractivity contribution < 1.29 is 0 Å². The van der Waals surface area contributed by atoms with E-state index >= 15 is 0 Å². The van der Waals surface area contributed by atoms with Crippen molar-refractivity contribution in [3.63, 3.8) is 0 Å². The molecule has 3 heteroatoms. The Balaban J connectivity index is 1.80. The molecule has 0 bridgehead atoms. The average Bonchev–Trinajstić information content (AvgIpc) is 2.68. The summed E-state index contributed by atoms with van der Waals surface area (Å²) < 4.78 is 0. The third kappa shape index (κ3) is 3.21. The minimum Gasteiger partial charge on any atom is -0.325 e. The Morgan fingerprint density at radius 2 is 1.76 bits per heavy atom. The molecule has 2 rings (SSSR count). The quantitative estimate of drug-likeness (QED) is 0.813. The van der Waals surface area contributed by atoms with Crippen LogP contribution in [0.5, 0.6) is 0 Å². The lowest BCUT2D eigenvalue weighted by atomic mass is 9.93. The number of hydrogen-bond acceptors (Lipinski definition) is 3. The summed E-state index contributed by atoms with van der Waals surface area (Å²) in [6.45, 7) is 9.44. The molecular weight excluding hydrogens is 210 g/mol. The van der Waals surface area contributed by atoms with Gasteiger partial charge in [0.25, 0.3) is 0 Å². The van der Waals surface area contributed by atoms with Gasteiger partial charge in [0, 0.05) is 37.3 Å². The second kappa shape index (κ2) is 4.87. The lowest BCUT2D eigenvalue weighted by Gasteiger charge is -2.46. The zero-order chi connectivity index (χ0) is 12.5. The van der Waals surface area contributed by atoms with Gasteiger partial charge in [-0.25, -0.2) is 0 Å². The van der Waals surface area contributed by atoms with Crippen molar-refractivity contribution in [1.82, 2.24) is 9.80 Å². The first-order valence-corrected chi connectivity index (χ1v) is 7.14. The molecule has 2 fully saturated rings. The van der Waals surface area contributed by atoms with Gasteiger partial charge in [0.2, 0.25) is 0 Å². The minimum absolute atomic E-state index is 0.160. The maximum Gasteiger partial charge on any atom is 0.0277 e. The fourth-order valence-corrected chi connectivity index (χ4v) is 3.24. The first-order valence-electron chi connectivity index (χ1n) is 7.14. The summed E-state index contributed by atoms with van der Waals surface area (Å²) in [7, 11) is 2.23.